The molecule has 7 rings (SSSR count). The van der Waals surface area contributed by atoms with Crippen LogP contribution in [0.5, 0.6) is 0 Å². The van der Waals surface area contributed by atoms with E-state index in [0.29, 0.717) is 53.7 Å². The van der Waals surface area contributed by atoms with Gasteiger partial charge in [0.25, 0.3) is 0 Å². The van der Waals surface area contributed by atoms with E-state index < -0.39 is 24.2 Å². The average Bonchev–Trinajstić information content (AvgIpc) is 3.56. The van der Waals surface area contributed by atoms with Gasteiger partial charge >= 0.3 is 0 Å². The zero-order valence-electron chi connectivity index (χ0n) is 37.9. The second-order valence-electron chi connectivity index (χ2n) is 21.2. The van der Waals surface area contributed by atoms with Crippen LogP contribution in [0.25, 0.3) is 0 Å². The number of hydroxylamine groups is 2. The fourth-order valence-electron chi connectivity index (χ4n) is 13.4. The number of nitrogens with zero attached hydrogens (tertiary/aromatic N) is 3. The summed E-state index contributed by atoms with van der Waals surface area (Å²) in [7, 11) is 12.1. The molecular formula is C46H83N5O7. The van der Waals surface area contributed by atoms with Crippen molar-refractivity contribution in [2.24, 2.45) is 58.7 Å². The van der Waals surface area contributed by atoms with E-state index in [1.54, 1.807) is 12.0 Å². The fourth-order valence-corrected chi connectivity index (χ4v) is 13.4. The zero-order valence-corrected chi connectivity index (χ0v) is 37.9. The Morgan fingerprint density at radius 1 is 0.948 bits per heavy atom. The predicted molar refractivity (Wildman–Crippen MR) is 227 cm³/mol. The van der Waals surface area contributed by atoms with Crippen LogP contribution in [-0.4, -0.2) is 148 Å². The molecule has 0 aromatic rings. The molecule has 2 bridgehead atoms. The minimum absolute atomic E-state index is 0.0645. The lowest BCUT2D eigenvalue weighted by Crippen LogP contribution is -2.62. The van der Waals surface area contributed by atoms with E-state index >= 15 is 0 Å². The lowest BCUT2D eigenvalue weighted by Gasteiger charge is -2.62. The van der Waals surface area contributed by atoms with E-state index in [1.165, 1.54) is 6.42 Å². The lowest BCUT2D eigenvalue weighted by molar-refractivity contribution is -0.193. The third-order valence-electron chi connectivity index (χ3n) is 16.9. The van der Waals surface area contributed by atoms with E-state index in [9.17, 15) is 19.8 Å². The third-order valence-corrected chi connectivity index (χ3v) is 16.9. The molecule has 6 aliphatic carbocycles. The van der Waals surface area contributed by atoms with Crippen LogP contribution in [0.1, 0.15) is 111 Å². The Labute approximate surface area is 351 Å². The van der Waals surface area contributed by atoms with Crippen molar-refractivity contribution in [2.75, 3.05) is 62.1 Å². The number of carbonyl (C=O) groups is 2. The molecule has 7 unspecified atom stereocenters. The first kappa shape index (κ1) is 46.1. The van der Waals surface area contributed by atoms with Gasteiger partial charge in [0.1, 0.15) is 12.1 Å². The zero-order chi connectivity index (χ0) is 42.1. The summed E-state index contributed by atoms with van der Waals surface area (Å²) >= 11 is 0. The monoisotopic (exact) mass is 818 g/mol. The molecule has 4 N–H and O–H groups in total. The maximum absolute atomic E-state index is 14.4. The molecule has 334 valence electrons. The van der Waals surface area contributed by atoms with Gasteiger partial charge in [-0.1, -0.05) is 27.2 Å². The van der Waals surface area contributed by atoms with Gasteiger partial charge in [-0.2, -0.15) is 5.06 Å². The summed E-state index contributed by atoms with van der Waals surface area (Å²) < 4.78 is 12.1. The van der Waals surface area contributed by atoms with Crippen molar-refractivity contribution in [1.29, 1.82) is 0 Å². The van der Waals surface area contributed by atoms with E-state index in [1.807, 2.05) is 14.2 Å². The highest BCUT2D eigenvalue weighted by molar-refractivity contribution is 5.83. The standard InChI is InChI=1S/C46H83N5O7/c1-27-38-22-33(46(38,3)4)23-39(27)48-45(55)42-41(28(2)53)40(26-52)58-51(42)24-30-12-11-13-37(43(30)57-10)31-19-32(21-35(20-31)50(7)8)44(54)47-34(25-49(5)6)18-29-14-16-36(56-9)17-15-29/h27-43,52-53H,11-26H2,1-10H3,(H,47,54)(H,48,55)/t27-,28-,29?,30?,31?,32?,33+,34-,35?,36?,37?,38-,39-,40-,41?,42-,43?/m0/s1. The predicted octanol–water partition coefficient (Wildman–Crippen LogP) is 4.57. The summed E-state index contributed by atoms with van der Waals surface area (Å²) in [5.74, 6) is 2.34. The van der Waals surface area contributed by atoms with Crippen LogP contribution >= 0.6 is 0 Å². The number of aliphatic hydroxyl groups is 2. The number of aliphatic hydroxyl groups excluding tert-OH is 2. The smallest absolute Gasteiger partial charge is 0.240 e. The molecule has 0 aromatic heterocycles. The van der Waals surface area contributed by atoms with Crippen LogP contribution in [0.4, 0.5) is 0 Å². The first-order valence-corrected chi connectivity index (χ1v) is 23.3. The normalized spacial score (nSPS) is 41.5. The van der Waals surface area contributed by atoms with Gasteiger partial charge in [-0.25, -0.2) is 0 Å². The van der Waals surface area contributed by atoms with Crippen LogP contribution < -0.4 is 10.6 Å². The second kappa shape index (κ2) is 19.8. The Morgan fingerprint density at radius 2 is 1.67 bits per heavy atom. The topological polar surface area (TPSA) is 136 Å². The summed E-state index contributed by atoms with van der Waals surface area (Å²) in [6.07, 6.45) is 12.3. The van der Waals surface area contributed by atoms with Gasteiger partial charge in [0.15, 0.2) is 0 Å². The van der Waals surface area contributed by atoms with Crippen molar-refractivity contribution in [3.8, 4) is 0 Å². The Kier molecular flexibility index (Phi) is 15.7. The molecule has 12 nitrogen and oxygen atoms in total. The third kappa shape index (κ3) is 10.1. The summed E-state index contributed by atoms with van der Waals surface area (Å²) in [6, 6.07) is -0.197. The highest BCUT2D eigenvalue weighted by Gasteiger charge is 2.58. The minimum atomic E-state index is -0.831. The molecule has 15 atom stereocenters. The van der Waals surface area contributed by atoms with Crippen molar-refractivity contribution in [2.45, 2.75) is 160 Å². The average molecular weight is 818 g/mol. The number of hydrogen-bond donors (Lipinski definition) is 4. The van der Waals surface area contributed by atoms with Crippen molar-refractivity contribution in [3.05, 3.63) is 0 Å². The molecule has 12 heteroatoms. The maximum atomic E-state index is 14.4. The number of carbonyl (C=O) groups excluding carboxylic acids is 2. The number of nitrogens with one attached hydrogen (secondary N) is 2. The molecule has 7 fully saturated rings. The Balaban J connectivity index is 1.14. The van der Waals surface area contributed by atoms with Crippen LogP contribution in [0, 0.1) is 58.7 Å². The van der Waals surface area contributed by atoms with E-state index in [4.69, 9.17) is 14.3 Å². The van der Waals surface area contributed by atoms with Gasteiger partial charge in [-0.15, -0.1) is 0 Å². The number of methoxy groups -OCH3 is 2. The summed E-state index contributed by atoms with van der Waals surface area (Å²) in [6.45, 7) is 9.78. The molecule has 7 aliphatic rings. The van der Waals surface area contributed by atoms with Gasteiger partial charge in [-0.05, 0) is 153 Å². The second-order valence-corrected chi connectivity index (χ2v) is 21.2. The highest BCUT2D eigenvalue weighted by Crippen LogP contribution is 2.61. The summed E-state index contributed by atoms with van der Waals surface area (Å²) in [5.41, 5.74) is 0.312. The van der Waals surface area contributed by atoms with Crippen molar-refractivity contribution in [3.63, 3.8) is 0 Å². The van der Waals surface area contributed by atoms with Crippen LogP contribution in [0.15, 0.2) is 0 Å². The highest BCUT2D eigenvalue weighted by atomic mass is 16.7. The fraction of sp³-hybridized carbons (Fsp3) is 0.957. The lowest BCUT2D eigenvalue weighted by atomic mass is 9.45. The summed E-state index contributed by atoms with van der Waals surface area (Å²) in [5, 5.41) is 30.3. The molecule has 58 heavy (non-hydrogen) atoms. The van der Waals surface area contributed by atoms with Gasteiger partial charge in [0.05, 0.1) is 24.9 Å². The van der Waals surface area contributed by atoms with Gasteiger partial charge < -0.3 is 40.1 Å². The van der Waals surface area contributed by atoms with Crippen molar-refractivity contribution >= 4 is 11.8 Å². The summed E-state index contributed by atoms with van der Waals surface area (Å²) in [4.78, 5) is 39.7. The molecule has 1 heterocycles. The number of amides is 2. The van der Waals surface area contributed by atoms with Crippen molar-refractivity contribution < 1.29 is 34.1 Å². The molecule has 6 saturated carbocycles. The van der Waals surface area contributed by atoms with Crippen LogP contribution in [0.2, 0.25) is 0 Å². The first-order valence-electron chi connectivity index (χ1n) is 23.3. The Hall–Kier alpha value is -1.38. The van der Waals surface area contributed by atoms with E-state index in [2.05, 4.69) is 69.4 Å². The Bertz CT molecular complexity index is 1340. The number of hydrogen-bond acceptors (Lipinski definition) is 10. The van der Waals surface area contributed by atoms with Gasteiger partial charge in [0, 0.05) is 63.2 Å². The molecule has 2 amide bonds. The molecule has 0 spiro atoms. The molecule has 0 aromatic carbocycles. The Morgan fingerprint density at radius 3 is 2.26 bits per heavy atom. The maximum Gasteiger partial charge on any atom is 0.240 e. The quantitative estimate of drug-likeness (QED) is 0.176. The van der Waals surface area contributed by atoms with Crippen LogP contribution in [-0.2, 0) is 23.9 Å². The van der Waals surface area contributed by atoms with E-state index in [0.717, 1.165) is 83.6 Å². The number of rotatable bonds is 16. The van der Waals surface area contributed by atoms with Crippen molar-refractivity contribution in [1.82, 2.24) is 25.5 Å². The first-order chi connectivity index (χ1) is 27.6. The number of fused-ring (bicyclic) bond motifs is 2. The van der Waals surface area contributed by atoms with Gasteiger partial charge in [0.2, 0.25) is 11.8 Å². The number of likely N-dealkylation sites (N-methyl/N-ethyl adjacent to an activating group) is 1. The number of ether oxygens (including phenoxy) is 2. The SMILES string of the molecule is COC1CCC(C[C@@H](CN(C)C)NC(=O)C2CC(C3CCCC(CN4O[C@@H](CO)C([C@H](C)O)[C@H]4C(=O)N[C@H]4C[C@H]5C[C@@H]([C@@H]4C)C5(C)C)C3OC)CC(N(C)C)C2)CC1. The minimum Gasteiger partial charge on any atom is -0.394 e. The van der Waals surface area contributed by atoms with E-state index in [-0.39, 0.29) is 54.4 Å². The largest absolute Gasteiger partial charge is 0.394 e. The van der Waals surface area contributed by atoms with Gasteiger partial charge in [-0.3, -0.25) is 14.4 Å². The molecule has 0 radical (unpaired) electrons. The molecule has 1 aliphatic heterocycles. The molecular weight excluding hydrogens is 735 g/mol. The molecule has 1 saturated heterocycles. The van der Waals surface area contributed by atoms with Crippen LogP contribution in [0.3, 0.4) is 0 Å².